The smallest absolute Gasteiger partial charge is 0.0543 e. The van der Waals surface area contributed by atoms with E-state index in [-0.39, 0.29) is 6.10 Å². The summed E-state index contributed by atoms with van der Waals surface area (Å²) in [6, 6.07) is 0. The largest absolute Gasteiger partial charge is 0.393 e. The molecule has 0 heterocycles. The van der Waals surface area contributed by atoms with Crippen molar-refractivity contribution in [3.8, 4) is 0 Å². The van der Waals surface area contributed by atoms with Gasteiger partial charge >= 0.3 is 0 Å². The fourth-order valence-electron chi connectivity index (χ4n) is 8.04. The third-order valence-corrected chi connectivity index (χ3v) is 9.23. The molecule has 0 radical (unpaired) electrons. The molecule has 0 spiro atoms. The van der Waals surface area contributed by atoms with E-state index in [9.17, 15) is 5.11 Å². The minimum absolute atomic E-state index is 0.0160. The summed E-state index contributed by atoms with van der Waals surface area (Å²) in [6.45, 7) is 11.8. The zero-order valence-electron chi connectivity index (χ0n) is 15.5. The molecule has 4 aliphatic carbocycles. The van der Waals surface area contributed by atoms with E-state index < -0.39 is 0 Å². The minimum Gasteiger partial charge on any atom is -0.393 e. The van der Waals surface area contributed by atoms with Crippen molar-refractivity contribution in [1.29, 1.82) is 0 Å². The zero-order chi connectivity index (χ0) is 16.4. The maximum absolute atomic E-state index is 10.1. The van der Waals surface area contributed by atoms with Crippen LogP contribution in [0.3, 0.4) is 0 Å². The SMILES string of the molecule is C=C(C)[C@H]1CCC2C3CCC4C[C@@H](O)CC[C@]4(C)C3CC[C@@]21C. The second kappa shape index (κ2) is 5.35. The maximum atomic E-state index is 10.1. The van der Waals surface area contributed by atoms with Crippen LogP contribution in [-0.4, -0.2) is 11.2 Å². The number of hydrogen-bond acceptors (Lipinski definition) is 1. The van der Waals surface area contributed by atoms with Crippen LogP contribution in [0, 0.1) is 40.4 Å². The summed E-state index contributed by atoms with van der Waals surface area (Å²) in [7, 11) is 0. The van der Waals surface area contributed by atoms with Crippen molar-refractivity contribution in [1.82, 2.24) is 0 Å². The maximum Gasteiger partial charge on any atom is 0.0543 e. The molecule has 1 nitrogen and oxygen atoms in total. The Hall–Kier alpha value is -0.300. The van der Waals surface area contributed by atoms with E-state index in [1.807, 2.05) is 0 Å². The van der Waals surface area contributed by atoms with Crippen molar-refractivity contribution in [3.63, 3.8) is 0 Å². The van der Waals surface area contributed by atoms with Crippen molar-refractivity contribution in [2.75, 3.05) is 0 Å². The zero-order valence-corrected chi connectivity index (χ0v) is 15.5. The first-order chi connectivity index (χ1) is 10.9. The highest BCUT2D eigenvalue weighted by Gasteiger charge is 2.60. The highest BCUT2D eigenvalue weighted by Crippen LogP contribution is 2.68. The predicted octanol–water partition coefficient (Wildman–Crippen LogP) is 5.58. The molecule has 4 rings (SSSR count). The molecule has 8 atom stereocenters. The van der Waals surface area contributed by atoms with Crippen molar-refractivity contribution in [3.05, 3.63) is 12.2 Å². The van der Waals surface area contributed by atoms with E-state index in [4.69, 9.17) is 0 Å². The van der Waals surface area contributed by atoms with Gasteiger partial charge in [-0.05, 0) is 105 Å². The van der Waals surface area contributed by atoms with Gasteiger partial charge < -0.3 is 5.11 Å². The molecule has 0 amide bonds. The number of rotatable bonds is 1. The normalized spacial score (nSPS) is 55.7. The molecule has 0 aromatic rings. The molecule has 1 N–H and O–H groups in total. The van der Waals surface area contributed by atoms with Gasteiger partial charge in [0.2, 0.25) is 0 Å². The lowest BCUT2D eigenvalue weighted by atomic mass is 9.44. The van der Waals surface area contributed by atoms with Crippen LogP contribution in [0.4, 0.5) is 0 Å². The van der Waals surface area contributed by atoms with Crippen LogP contribution in [0.1, 0.15) is 78.6 Å². The predicted molar refractivity (Wildman–Crippen MR) is 96.0 cm³/mol. The molecule has 23 heavy (non-hydrogen) atoms. The third kappa shape index (κ3) is 2.21. The van der Waals surface area contributed by atoms with Crippen LogP contribution in [0.15, 0.2) is 12.2 Å². The second-order valence-electron chi connectivity index (χ2n) is 10.1. The Kier molecular flexibility index (Phi) is 3.76. The summed E-state index contributed by atoms with van der Waals surface area (Å²) in [4.78, 5) is 0. The lowest BCUT2D eigenvalue weighted by Gasteiger charge is -2.61. The fraction of sp³-hybridized carbons (Fsp3) is 0.909. The van der Waals surface area contributed by atoms with Gasteiger partial charge in [-0.2, -0.15) is 0 Å². The van der Waals surface area contributed by atoms with Crippen molar-refractivity contribution in [2.45, 2.75) is 84.7 Å². The van der Waals surface area contributed by atoms with E-state index in [0.29, 0.717) is 10.8 Å². The minimum atomic E-state index is -0.0160. The number of aliphatic hydroxyl groups excluding tert-OH is 1. The van der Waals surface area contributed by atoms with Crippen LogP contribution in [0.5, 0.6) is 0 Å². The van der Waals surface area contributed by atoms with Gasteiger partial charge in [0.25, 0.3) is 0 Å². The molecule has 4 fully saturated rings. The quantitative estimate of drug-likeness (QED) is 0.626. The topological polar surface area (TPSA) is 20.2 Å². The average molecular weight is 317 g/mol. The summed E-state index contributed by atoms with van der Waals surface area (Å²) in [5.41, 5.74) is 2.49. The van der Waals surface area contributed by atoms with E-state index in [1.54, 1.807) is 0 Å². The molecule has 130 valence electrons. The number of fused-ring (bicyclic) bond motifs is 5. The Balaban J connectivity index is 1.61. The number of hydrogen-bond donors (Lipinski definition) is 1. The summed E-state index contributed by atoms with van der Waals surface area (Å²) < 4.78 is 0. The molecule has 4 unspecified atom stereocenters. The molecule has 0 bridgehead atoms. The van der Waals surface area contributed by atoms with Gasteiger partial charge in [0.15, 0.2) is 0 Å². The van der Waals surface area contributed by atoms with Crippen LogP contribution >= 0.6 is 0 Å². The van der Waals surface area contributed by atoms with Gasteiger partial charge in [0.05, 0.1) is 6.10 Å². The van der Waals surface area contributed by atoms with E-state index in [1.165, 1.54) is 50.5 Å². The van der Waals surface area contributed by atoms with Crippen molar-refractivity contribution < 1.29 is 5.11 Å². The average Bonchev–Trinajstić information content (AvgIpc) is 2.85. The monoisotopic (exact) mass is 316 g/mol. The molecule has 1 heteroatoms. The Morgan fingerprint density at radius 3 is 2.35 bits per heavy atom. The molecule has 0 aliphatic heterocycles. The highest BCUT2D eigenvalue weighted by molar-refractivity contribution is 5.15. The van der Waals surface area contributed by atoms with E-state index in [2.05, 4.69) is 27.4 Å². The van der Waals surface area contributed by atoms with Crippen molar-refractivity contribution >= 4 is 0 Å². The lowest BCUT2D eigenvalue weighted by Crippen LogP contribution is -2.53. The first-order valence-electron chi connectivity index (χ1n) is 10.2. The Labute approximate surface area is 142 Å². The molecule has 0 aromatic carbocycles. The number of allylic oxidation sites excluding steroid dienone is 1. The highest BCUT2D eigenvalue weighted by atomic mass is 16.3. The summed E-state index contributed by atoms with van der Waals surface area (Å²) in [6.07, 6.45) is 11.9. The van der Waals surface area contributed by atoms with E-state index in [0.717, 1.165) is 42.4 Å². The fourth-order valence-corrected chi connectivity index (χ4v) is 8.04. The van der Waals surface area contributed by atoms with Crippen LogP contribution in [-0.2, 0) is 0 Å². The molecule has 4 aliphatic rings. The molecule has 0 aromatic heterocycles. The Morgan fingerprint density at radius 1 is 0.913 bits per heavy atom. The molecular formula is C22H36O. The Bertz CT molecular complexity index is 496. The van der Waals surface area contributed by atoms with Crippen LogP contribution < -0.4 is 0 Å². The van der Waals surface area contributed by atoms with Gasteiger partial charge in [0.1, 0.15) is 0 Å². The Morgan fingerprint density at radius 2 is 1.61 bits per heavy atom. The van der Waals surface area contributed by atoms with Crippen LogP contribution in [0.2, 0.25) is 0 Å². The van der Waals surface area contributed by atoms with Gasteiger partial charge in [-0.3, -0.25) is 0 Å². The van der Waals surface area contributed by atoms with Gasteiger partial charge in [-0.15, -0.1) is 0 Å². The molecular weight excluding hydrogens is 280 g/mol. The first-order valence-corrected chi connectivity index (χ1v) is 10.2. The second-order valence-corrected chi connectivity index (χ2v) is 10.1. The number of aliphatic hydroxyl groups is 1. The van der Waals surface area contributed by atoms with Gasteiger partial charge in [0, 0.05) is 0 Å². The van der Waals surface area contributed by atoms with Gasteiger partial charge in [-0.25, -0.2) is 0 Å². The van der Waals surface area contributed by atoms with E-state index >= 15 is 0 Å². The summed E-state index contributed by atoms with van der Waals surface area (Å²) >= 11 is 0. The first kappa shape index (κ1) is 16.2. The standard InChI is InChI=1S/C22H36O/c1-14(2)18-7-8-19-17-6-5-15-13-16(23)9-11-21(15,3)20(17)10-12-22(18,19)4/h15-20,23H,1,5-13H2,2-4H3/t15?,16-,17?,18+,19?,20?,21-,22+/m0/s1. The van der Waals surface area contributed by atoms with Gasteiger partial charge in [-0.1, -0.05) is 26.0 Å². The summed E-state index contributed by atoms with van der Waals surface area (Å²) in [5, 5.41) is 10.1. The molecule has 0 saturated heterocycles. The van der Waals surface area contributed by atoms with Crippen LogP contribution in [0.25, 0.3) is 0 Å². The summed E-state index contributed by atoms with van der Waals surface area (Å²) in [5.74, 6) is 4.38. The third-order valence-electron chi connectivity index (χ3n) is 9.23. The molecule has 4 saturated carbocycles. The lowest BCUT2D eigenvalue weighted by molar-refractivity contribution is -0.124. The van der Waals surface area contributed by atoms with Crippen molar-refractivity contribution in [2.24, 2.45) is 40.4 Å².